The molecular formula is C4H8N2O. The number of hydrazine groups is 1. The van der Waals surface area contributed by atoms with Crippen LogP contribution in [-0.4, -0.2) is 5.78 Å². The molecule has 0 heterocycles. The van der Waals surface area contributed by atoms with Crippen LogP contribution in [0.25, 0.3) is 0 Å². The van der Waals surface area contributed by atoms with Crippen LogP contribution in [0.5, 0.6) is 0 Å². The number of ketones is 1. The van der Waals surface area contributed by atoms with Crippen LogP contribution in [0.1, 0.15) is 6.92 Å². The molecule has 3 heteroatoms. The van der Waals surface area contributed by atoms with Gasteiger partial charge in [-0.3, -0.25) is 10.6 Å². The zero-order chi connectivity index (χ0) is 5.70. The third-order valence-electron chi connectivity index (χ3n) is 0.414. The van der Waals surface area contributed by atoms with E-state index < -0.39 is 0 Å². The van der Waals surface area contributed by atoms with Gasteiger partial charge in [0.15, 0.2) is 5.78 Å². The second-order valence-electron chi connectivity index (χ2n) is 1.11. The summed E-state index contributed by atoms with van der Waals surface area (Å²) in [6.07, 6.45) is 2.72. The van der Waals surface area contributed by atoms with Crippen LogP contribution in [0.2, 0.25) is 0 Å². The van der Waals surface area contributed by atoms with Gasteiger partial charge in [-0.25, -0.2) is 0 Å². The predicted molar refractivity (Wildman–Crippen MR) is 27.1 cm³/mol. The minimum absolute atomic E-state index is 0.0158. The lowest BCUT2D eigenvalue weighted by molar-refractivity contribution is -0.112. The summed E-state index contributed by atoms with van der Waals surface area (Å²) < 4.78 is 0. The highest BCUT2D eigenvalue weighted by Crippen LogP contribution is 1.66. The lowest BCUT2D eigenvalue weighted by Gasteiger charge is -1.80. The first kappa shape index (κ1) is 6.17. The Bertz CT molecular complexity index is 87.7. The minimum atomic E-state index is -0.0158. The van der Waals surface area contributed by atoms with Gasteiger partial charge < -0.3 is 5.43 Å². The van der Waals surface area contributed by atoms with Crippen LogP contribution < -0.4 is 11.3 Å². The molecule has 0 amide bonds. The number of rotatable bonds is 2. The molecule has 7 heavy (non-hydrogen) atoms. The molecule has 0 aliphatic carbocycles. The highest BCUT2D eigenvalue weighted by atomic mass is 16.1. The van der Waals surface area contributed by atoms with Gasteiger partial charge in [0.2, 0.25) is 0 Å². The van der Waals surface area contributed by atoms with Crippen molar-refractivity contribution in [2.24, 2.45) is 5.84 Å². The van der Waals surface area contributed by atoms with Gasteiger partial charge in [0.25, 0.3) is 0 Å². The zero-order valence-corrected chi connectivity index (χ0v) is 4.14. The predicted octanol–water partition coefficient (Wildman–Crippen LogP) is -0.448. The molecule has 0 aromatic carbocycles. The summed E-state index contributed by atoms with van der Waals surface area (Å²) in [6, 6.07) is 0. The Morgan fingerprint density at radius 3 is 2.57 bits per heavy atom. The number of carbonyl (C=O) groups excluding carboxylic acids is 1. The first-order valence-corrected chi connectivity index (χ1v) is 1.90. The molecule has 0 atom stereocenters. The molecule has 0 spiro atoms. The Balaban J connectivity index is 3.26. The van der Waals surface area contributed by atoms with E-state index in [1.165, 1.54) is 19.2 Å². The topological polar surface area (TPSA) is 55.1 Å². The summed E-state index contributed by atoms with van der Waals surface area (Å²) in [4.78, 5) is 10.0. The van der Waals surface area contributed by atoms with Crippen LogP contribution in [-0.2, 0) is 4.79 Å². The maximum absolute atomic E-state index is 10.0. The lowest BCUT2D eigenvalue weighted by Crippen LogP contribution is -2.13. The number of hydrogen-bond acceptors (Lipinski definition) is 3. The van der Waals surface area contributed by atoms with Crippen molar-refractivity contribution in [1.29, 1.82) is 0 Å². The van der Waals surface area contributed by atoms with Crippen molar-refractivity contribution in [2.75, 3.05) is 0 Å². The van der Waals surface area contributed by atoms with E-state index in [1.54, 1.807) is 0 Å². The fraction of sp³-hybridized carbons (Fsp3) is 0.250. The Kier molecular flexibility index (Phi) is 2.96. The van der Waals surface area contributed by atoms with Crippen molar-refractivity contribution in [3.63, 3.8) is 0 Å². The van der Waals surface area contributed by atoms with E-state index in [0.29, 0.717) is 0 Å². The standard InChI is InChI=1S/C4H8N2O/c1-4(7)2-3-6-5/h2-3,6H,5H2,1H3. The summed E-state index contributed by atoms with van der Waals surface area (Å²) in [5, 5.41) is 0. The number of allylic oxidation sites excluding steroid dienone is 1. The fourth-order valence-corrected chi connectivity index (χ4v) is 0.165. The zero-order valence-electron chi connectivity index (χ0n) is 4.14. The molecule has 0 bridgehead atoms. The molecule has 0 fully saturated rings. The molecule has 0 rings (SSSR count). The van der Waals surface area contributed by atoms with Crippen LogP contribution in [0.4, 0.5) is 0 Å². The molecule has 0 aliphatic heterocycles. The molecule has 3 N–H and O–H groups in total. The summed E-state index contributed by atoms with van der Waals surface area (Å²) in [5.41, 5.74) is 2.20. The minimum Gasteiger partial charge on any atom is -0.331 e. The summed E-state index contributed by atoms with van der Waals surface area (Å²) >= 11 is 0. The number of nitrogens with two attached hydrogens (primary N) is 1. The SMILES string of the molecule is CC(=O)C=CNN. The second kappa shape index (κ2) is 3.36. The number of nitrogens with one attached hydrogen (secondary N) is 1. The third kappa shape index (κ3) is 5.17. The average molecular weight is 100 g/mol. The average Bonchev–Trinajstić information content (AvgIpc) is 1.61. The molecule has 3 nitrogen and oxygen atoms in total. The van der Waals surface area contributed by atoms with E-state index in [2.05, 4.69) is 5.43 Å². The first-order chi connectivity index (χ1) is 3.27. The van der Waals surface area contributed by atoms with Gasteiger partial charge in [-0.1, -0.05) is 0 Å². The molecule has 0 aliphatic rings. The second-order valence-corrected chi connectivity index (χ2v) is 1.11. The summed E-state index contributed by atoms with van der Waals surface area (Å²) in [7, 11) is 0. The van der Waals surface area contributed by atoms with Gasteiger partial charge >= 0.3 is 0 Å². The van der Waals surface area contributed by atoms with E-state index in [1.807, 2.05) is 0 Å². The molecule has 0 saturated heterocycles. The summed E-state index contributed by atoms with van der Waals surface area (Å²) in [5.74, 6) is 4.77. The van der Waals surface area contributed by atoms with Crippen molar-refractivity contribution in [3.05, 3.63) is 12.3 Å². The van der Waals surface area contributed by atoms with E-state index in [4.69, 9.17) is 5.84 Å². The molecular weight excluding hydrogens is 92.1 g/mol. The van der Waals surface area contributed by atoms with Crippen molar-refractivity contribution >= 4 is 5.78 Å². The van der Waals surface area contributed by atoms with Crippen molar-refractivity contribution in [2.45, 2.75) is 6.92 Å². The monoisotopic (exact) mass is 100 g/mol. The highest BCUT2D eigenvalue weighted by molar-refractivity contribution is 5.86. The van der Waals surface area contributed by atoms with Gasteiger partial charge in [-0.05, 0) is 13.0 Å². The molecule has 0 saturated carbocycles. The largest absolute Gasteiger partial charge is 0.331 e. The van der Waals surface area contributed by atoms with Gasteiger partial charge in [0.1, 0.15) is 0 Å². The molecule has 0 unspecified atom stereocenters. The van der Waals surface area contributed by atoms with Crippen molar-refractivity contribution in [3.8, 4) is 0 Å². The molecule has 0 radical (unpaired) electrons. The van der Waals surface area contributed by atoms with E-state index in [-0.39, 0.29) is 5.78 Å². The molecule has 40 valence electrons. The van der Waals surface area contributed by atoms with Crippen LogP contribution in [0.15, 0.2) is 12.3 Å². The van der Waals surface area contributed by atoms with Crippen molar-refractivity contribution < 1.29 is 4.79 Å². The molecule has 0 aromatic heterocycles. The molecule has 0 aromatic rings. The van der Waals surface area contributed by atoms with Crippen molar-refractivity contribution in [1.82, 2.24) is 5.43 Å². The Labute approximate surface area is 42.2 Å². The normalized spacial score (nSPS) is 9.43. The third-order valence-corrected chi connectivity index (χ3v) is 0.414. The van der Waals surface area contributed by atoms with Gasteiger partial charge in [0, 0.05) is 6.20 Å². The van der Waals surface area contributed by atoms with E-state index in [9.17, 15) is 4.79 Å². The van der Waals surface area contributed by atoms with Gasteiger partial charge in [0.05, 0.1) is 0 Å². The lowest BCUT2D eigenvalue weighted by atomic mass is 10.4. The van der Waals surface area contributed by atoms with Crippen LogP contribution in [0.3, 0.4) is 0 Å². The summed E-state index contributed by atoms with van der Waals surface area (Å²) in [6.45, 7) is 1.45. The Morgan fingerprint density at radius 1 is 1.86 bits per heavy atom. The van der Waals surface area contributed by atoms with E-state index in [0.717, 1.165) is 0 Å². The smallest absolute Gasteiger partial charge is 0.154 e. The first-order valence-electron chi connectivity index (χ1n) is 1.90. The maximum atomic E-state index is 10.0. The van der Waals surface area contributed by atoms with Gasteiger partial charge in [-0.15, -0.1) is 0 Å². The quantitative estimate of drug-likeness (QED) is 0.281. The van der Waals surface area contributed by atoms with Crippen LogP contribution >= 0.6 is 0 Å². The van der Waals surface area contributed by atoms with Crippen LogP contribution in [0, 0.1) is 0 Å². The number of hydrogen-bond donors (Lipinski definition) is 2. The number of carbonyl (C=O) groups is 1. The fourth-order valence-electron chi connectivity index (χ4n) is 0.165. The Morgan fingerprint density at radius 2 is 2.43 bits per heavy atom. The van der Waals surface area contributed by atoms with E-state index >= 15 is 0 Å². The highest BCUT2D eigenvalue weighted by Gasteiger charge is 1.75. The van der Waals surface area contributed by atoms with Gasteiger partial charge in [-0.2, -0.15) is 0 Å². The Hall–Kier alpha value is -0.830. The maximum Gasteiger partial charge on any atom is 0.154 e.